The summed E-state index contributed by atoms with van der Waals surface area (Å²) >= 11 is 1.65. The Kier molecular flexibility index (Phi) is 4.39. The number of aromatic nitrogens is 4. The molecule has 0 fully saturated rings. The summed E-state index contributed by atoms with van der Waals surface area (Å²) in [6.07, 6.45) is 2.61. The van der Waals surface area contributed by atoms with Crippen LogP contribution in [-0.4, -0.2) is 19.9 Å². The van der Waals surface area contributed by atoms with Crippen LogP contribution in [0, 0.1) is 6.92 Å². The fourth-order valence-electron chi connectivity index (χ4n) is 2.05. The van der Waals surface area contributed by atoms with Crippen LogP contribution in [-0.2, 0) is 13.0 Å². The van der Waals surface area contributed by atoms with E-state index >= 15 is 0 Å². The summed E-state index contributed by atoms with van der Waals surface area (Å²) in [5, 5.41) is 3.36. The second kappa shape index (κ2) is 6.62. The van der Waals surface area contributed by atoms with E-state index in [0.29, 0.717) is 5.82 Å². The van der Waals surface area contributed by atoms with Crippen LogP contribution in [0.4, 0.5) is 5.82 Å². The molecule has 3 aromatic rings. The summed E-state index contributed by atoms with van der Waals surface area (Å²) in [4.78, 5) is 19.0. The van der Waals surface area contributed by atoms with Crippen molar-refractivity contribution < 1.29 is 0 Å². The molecule has 6 heteroatoms. The Balaban J connectivity index is 1.86. The Morgan fingerprint density at radius 3 is 2.77 bits per heavy atom. The number of hydrogen-bond donors (Lipinski definition) is 1. The molecule has 0 spiro atoms. The monoisotopic (exact) mass is 311 g/mol. The Labute approximate surface area is 133 Å². The number of anilines is 1. The second-order valence-corrected chi connectivity index (χ2v) is 5.79. The van der Waals surface area contributed by atoms with Gasteiger partial charge in [-0.15, -0.1) is 11.3 Å². The molecule has 0 aliphatic carbocycles. The van der Waals surface area contributed by atoms with Gasteiger partial charge in [-0.05, 0) is 25.5 Å². The minimum atomic E-state index is 0.656. The summed E-state index contributed by atoms with van der Waals surface area (Å²) in [6, 6.07) is 7.74. The van der Waals surface area contributed by atoms with E-state index in [2.05, 4.69) is 32.2 Å². The molecule has 0 aliphatic heterocycles. The van der Waals surface area contributed by atoms with Gasteiger partial charge >= 0.3 is 0 Å². The highest BCUT2D eigenvalue weighted by atomic mass is 32.1. The average molecular weight is 311 g/mol. The van der Waals surface area contributed by atoms with E-state index in [1.807, 2.05) is 36.7 Å². The highest BCUT2D eigenvalue weighted by Gasteiger charge is 2.08. The van der Waals surface area contributed by atoms with E-state index in [0.717, 1.165) is 35.9 Å². The van der Waals surface area contributed by atoms with E-state index in [1.54, 1.807) is 17.5 Å². The molecular weight excluding hydrogens is 294 g/mol. The van der Waals surface area contributed by atoms with Crippen molar-refractivity contribution in [1.82, 2.24) is 19.9 Å². The van der Waals surface area contributed by atoms with Gasteiger partial charge in [0.05, 0.1) is 17.7 Å². The van der Waals surface area contributed by atoms with Crippen molar-refractivity contribution in [2.45, 2.75) is 26.8 Å². The Morgan fingerprint density at radius 1 is 1.18 bits per heavy atom. The predicted molar refractivity (Wildman–Crippen MR) is 88.8 cm³/mol. The lowest BCUT2D eigenvalue weighted by molar-refractivity contribution is 0.987. The first kappa shape index (κ1) is 14.6. The van der Waals surface area contributed by atoms with Crippen LogP contribution in [0.25, 0.3) is 11.5 Å². The third-order valence-electron chi connectivity index (χ3n) is 3.31. The minimum Gasteiger partial charge on any atom is -0.365 e. The van der Waals surface area contributed by atoms with Crippen molar-refractivity contribution in [2.24, 2.45) is 0 Å². The van der Waals surface area contributed by atoms with Crippen LogP contribution in [0.1, 0.15) is 23.2 Å². The van der Waals surface area contributed by atoms with E-state index in [9.17, 15) is 0 Å². The van der Waals surface area contributed by atoms with Gasteiger partial charge in [0.2, 0.25) is 0 Å². The van der Waals surface area contributed by atoms with Gasteiger partial charge in [-0.1, -0.05) is 13.0 Å². The maximum Gasteiger partial charge on any atom is 0.180 e. The lowest BCUT2D eigenvalue weighted by Gasteiger charge is -2.08. The summed E-state index contributed by atoms with van der Waals surface area (Å²) in [6.45, 7) is 4.82. The molecule has 22 heavy (non-hydrogen) atoms. The Morgan fingerprint density at radius 2 is 2.09 bits per heavy atom. The van der Waals surface area contributed by atoms with Gasteiger partial charge in [-0.3, -0.25) is 4.98 Å². The standard InChI is InChI=1S/C16H17N5S/c1-3-12-8-15(18-9-14-11(2)19-10-22-14)21-16(20-12)13-6-4-5-7-17-13/h4-8,10H,3,9H2,1-2H3,(H,18,20,21). The number of aryl methyl sites for hydroxylation is 2. The third kappa shape index (κ3) is 3.28. The molecule has 0 unspecified atom stereocenters. The van der Waals surface area contributed by atoms with Crippen LogP contribution < -0.4 is 5.32 Å². The predicted octanol–water partition coefficient (Wildman–Crippen LogP) is 3.48. The highest BCUT2D eigenvalue weighted by molar-refractivity contribution is 7.09. The quantitative estimate of drug-likeness (QED) is 0.781. The summed E-state index contributed by atoms with van der Waals surface area (Å²) in [5.41, 5.74) is 4.71. The average Bonchev–Trinajstić information content (AvgIpc) is 2.98. The lowest BCUT2D eigenvalue weighted by Crippen LogP contribution is -2.05. The molecule has 0 aromatic carbocycles. The molecule has 0 aliphatic rings. The molecule has 3 rings (SSSR count). The lowest BCUT2D eigenvalue weighted by atomic mass is 10.2. The Hall–Kier alpha value is -2.34. The van der Waals surface area contributed by atoms with E-state index in [-0.39, 0.29) is 0 Å². The van der Waals surface area contributed by atoms with Gasteiger partial charge in [0.25, 0.3) is 0 Å². The Bertz CT molecular complexity index is 754. The molecule has 0 bridgehead atoms. The molecule has 0 saturated heterocycles. The largest absolute Gasteiger partial charge is 0.365 e. The smallest absolute Gasteiger partial charge is 0.180 e. The molecule has 1 N–H and O–H groups in total. The van der Waals surface area contributed by atoms with Crippen LogP contribution in [0.15, 0.2) is 36.0 Å². The summed E-state index contributed by atoms with van der Waals surface area (Å²) < 4.78 is 0. The SMILES string of the molecule is CCc1cc(NCc2scnc2C)nc(-c2ccccn2)n1. The van der Waals surface area contributed by atoms with Gasteiger partial charge in [0.15, 0.2) is 5.82 Å². The number of nitrogens with one attached hydrogen (secondary N) is 1. The zero-order valence-corrected chi connectivity index (χ0v) is 13.4. The van der Waals surface area contributed by atoms with Gasteiger partial charge in [-0.2, -0.15) is 0 Å². The summed E-state index contributed by atoms with van der Waals surface area (Å²) in [7, 11) is 0. The molecule has 0 radical (unpaired) electrons. The topological polar surface area (TPSA) is 63.6 Å². The van der Waals surface area contributed by atoms with E-state index in [4.69, 9.17) is 0 Å². The van der Waals surface area contributed by atoms with Crippen LogP contribution in [0.2, 0.25) is 0 Å². The van der Waals surface area contributed by atoms with Crippen LogP contribution in [0.5, 0.6) is 0 Å². The minimum absolute atomic E-state index is 0.656. The molecule has 112 valence electrons. The first-order valence-corrected chi connectivity index (χ1v) is 8.06. The highest BCUT2D eigenvalue weighted by Crippen LogP contribution is 2.18. The number of hydrogen-bond acceptors (Lipinski definition) is 6. The van der Waals surface area contributed by atoms with Crippen molar-refractivity contribution in [3.05, 3.63) is 52.2 Å². The molecular formula is C16H17N5S. The van der Waals surface area contributed by atoms with Crippen LogP contribution in [0.3, 0.4) is 0 Å². The van der Waals surface area contributed by atoms with Crippen LogP contribution >= 0.6 is 11.3 Å². The van der Waals surface area contributed by atoms with E-state index in [1.165, 1.54) is 4.88 Å². The zero-order chi connectivity index (χ0) is 15.4. The van der Waals surface area contributed by atoms with Crippen molar-refractivity contribution in [3.63, 3.8) is 0 Å². The zero-order valence-electron chi connectivity index (χ0n) is 12.6. The first-order chi connectivity index (χ1) is 10.8. The first-order valence-electron chi connectivity index (χ1n) is 7.18. The maximum atomic E-state index is 4.58. The number of rotatable bonds is 5. The van der Waals surface area contributed by atoms with E-state index < -0.39 is 0 Å². The third-order valence-corrected chi connectivity index (χ3v) is 4.25. The normalized spacial score (nSPS) is 10.6. The van der Waals surface area contributed by atoms with Crippen molar-refractivity contribution in [3.8, 4) is 11.5 Å². The molecule has 3 heterocycles. The number of pyridine rings is 1. The number of thiazole rings is 1. The van der Waals surface area contributed by atoms with Gasteiger partial charge in [0, 0.05) is 22.8 Å². The molecule has 0 atom stereocenters. The molecule has 3 aromatic heterocycles. The molecule has 0 saturated carbocycles. The summed E-state index contributed by atoms with van der Waals surface area (Å²) in [5.74, 6) is 1.48. The van der Waals surface area contributed by atoms with Gasteiger partial charge in [0.1, 0.15) is 11.5 Å². The van der Waals surface area contributed by atoms with Gasteiger partial charge < -0.3 is 5.32 Å². The number of nitrogens with zero attached hydrogens (tertiary/aromatic N) is 4. The van der Waals surface area contributed by atoms with Crippen molar-refractivity contribution in [2.75, 3.05) is 5.32 Å². The van der Waals surface area contributed by atoms with Gasteiger partial charge in [-0.25, -0.2) is 15.0 Å². The molecule has 5 nitrogen and oxygen atoms in total. The van der Waals surface area contributed by atoms with Crippen molar-refractivity contribution in [1.29, 1.82) is 0 Å². The fraction of sp³-hybridized carbons (Fsp3) is 0.250. The molecule has 0 amide bonds. The fourth-order valence-corrected chi connectivity index (χ4v) is 2.76. The van der Waals surface area contributed by atoms with Crippen molar-refractivity contribution >= 4 is 17.2 Å². The second-order valence-electron chi connectivity index (χ2n) is 4.85. The maximum absolute atomic E-state index is 4.58.